The number of nitrogens with one attached hydrogen (secondary N) is 1. The number of ether oxygens (including phenoxy) is 1. The van der Waals surface area contributed by atoms with Gasteiger partial charge in [-0.15, -0.1) is 0 Å². The van der Waals surface area contributed by atoms with E-state index in [0.717, 1.165) is 6.42 Å². The quantitative estimate of drug-likeness (QED) is 0.528. The van der Waals surface area contributed by atoms with E-state index in [1.807, 2.05) is 6.92 Å². The van der Waals surface area contributed by atoms with E-state index in [1.54, 1.807) is 0 Å². The molecule has 1 aliphatic heterocycles. The Balaban J connectivity index is 2.55. The molecule has 3 unspecified atom stereocenters. The Kier molecular flexibility index (Phi) is 4.16. The highest BCUT2D eigenvalue weighted by atomic mass is 31.2. The zero-order chi connectivity index (χ0) is 10.8. The van der Waals surface area contributed by atoms with Crippen LogP contribution in [0.15, 0.2) is 0 Å². The molecule has 80 valence electrons. The van der Waals surface area contributed by atoms with E-state index in [-0.39, 0.29) is 18.1 Å². The van der Waals surface area contributed by atoms with Gasteiger partial charge in [0.1, 0.15) is 7.85 Å². The minimum Gasteiger partial charge on any atom is -0.383 e. The Bertz CT molecular complexity index is 240. The Morgan fingerprint density at radius 2 is 2.43 bits per heavy atom. The summed E-state index contributed by atoms with van der Waals surface area (Å²) < 4.78 is 21.0. The first-order chi connectivity index (χ1) is 6.48. The second-order valence-electron chi connectivity index (χ2n) is 3.30. The highest BCUT2D eigenvalue weighted by Crippen LogP contribution is 2.38. The first kappa shape index (κ1) is 12.2. The fraction of sp³-hybridized carbons (Fsp3) is 1.00. The van der Waals surface area contributed by atoms with Gasteiger partial charge in [0.15, 0.2) is 0 Å². The average molecular weight is 219 g/mol. The van der Waals surface area contributed by atoms with Crippen molar-refractivity contribution in [1.82, 2.24) is 5.09 Å². The van der Waals surface area contributed by atoms with Crippen LogP contribution >= 0.6 is 7.75 Å². The molecule has 0 aromatic rings. The van der Waals surface area contributed by atoms with Crippen LogP contribution in [-0.2, 0) is 13.8 Å². The molecule has 5 nitrogen and oxygen atoms in total. The monoisotopic (exact) mass is 219 g/mol. The van der Waals surface area contributed by atoms with Gasteiger partial charge in [-0.1, -0.05) is 6.92 Å². The predicted molar refractivity (Wildman–Crippen MR) is 53.1 cm³/mol. The van der Waals surface area contributed by atoms with Crippen LogP contribution in [0.1, 0.15) is 19.8 Å². The summed E-state index contributed by atoms with van der Waals surface area (Å²) in [7, 11) is 3.08. The van der Waals surface area contributed by atoms with E-state index in [1.165, 1.54) is 7.11 Å². The molecule has 0 amide bonds. The molecule has 0 aromatic carbocycles. The van der Waals surface area contributed by atoms with Gasteiger partial charge >= 0.3 is 7.75 Å². The van der Waals surface area contributed by atoms with Crippen LogP contribution in [0.5, 0.6) is 0 Å². The summed E-state index contributed by atoms with van der Waals surface area (Å²) >= 11 is 0. The van der Waals surface area contributed by atoms with Crippen molar-refractivity contribution in [3.8, 4) is 0 Å². The van der Waals surface area contributed by atoms with Crippen molar-refractivity contribution in [2.24, 2.45) is 0 Å². The van der Waals surface area contributed by atoms with E-state index < -0.39 is 7.75 Å². The molecule has 0 spiro atoms. The molecule has 4 atom stereocenters. The molecule has 2 N–H and O–H groups in total. The van der Waals surface area contributed by atoms with Crippen LogP contribution in [0.3, 0.4) is 0 Å². The Hall–Kier alpha value is 0.135. The van der Waals surface area contributed by atoms with Crippen molar-refractivity contribution >= 4 is 15.6 Å². The first-order valence-corrected chi connectivity index (χ1v) is 6.13. The van der Waals surface area contributed by atoms with Gasteiger partial charge in [-0.25, -0.2) is 9.65 Å². The maximum atomic E-state index is 11.2. The largest absolute Gasteiger partial charge is 0.403 e. The van der Waals surface area contributed by atoms with Gasteiger partial charge in [-0.2, -0.15) is 0 Å². The topological polar surface area (TPSA) is 67.8 Å². The summed E-state index contributed by atoms with van der Waals surface area (Å²) in [6.45, 7) is 1.94. The van der Waals surface area contributed by atoms with Crippen molar-refractivity contribution < 1.29 is 18.7 Å². The van der Waals surface area contributed by atoms with Crippen LogP contribution in [0.4, 0.5) is 0 Å². The Morgan fingerprint density at radius 3 is 2.93 bits per heavy atom. The van der Waals surface area contributed by atoms with Gasteiger partial charge in [-0.3, -0.25) is 0 Å². The molecular formula is C7H15BNO4P. The van der Waals surface area contributed by atoms with E-state index in [9.17, 15) is 9.46 Å². The summed E-state index contributed by atoms with van der Waals surface area (Å²) in [5, 5.41) is 2.52. The van der Waals surface area contributed by atoms with E-state index in [2.05, 4.69) is 9.61 Å². The Morgan fingerprint density at radius 1 is 1.79 bits per heavy atom. The van der Waals surface area contributed by atoms with Crippen molar-refractivity contribution in [2.45, 2.75) is 37.9 Å². The number of hydrogen-bond acceptors (Lipinski definition) is 3. The van der Waals surface area contributed by atoms with E-state index in [0.29, 0.717) is 6.42 Å². The summed E-state index contributed by atoms with van der Waals surface area (Å²) in [4.78, 5) is 9.21. The fourth-order valence-electron chi connectivity index (χ4n) is 1.56. The third-order valence-corrected chi connectivity index (χ3v) is 3.42. The van der Waals surface area contributed by atoms with Gasteiger partial charge in [0.2, 0.25) is 0 Å². The molecule has 2 radical (unpaired) electrons. The lowest BCUT2D eigenvalue weighted by atomic mass is 9.95. The van der Waals surface area contributed by atoms with Gasteiger partial charge in [0.25, 0.3) is 0 Å². The van der Waals surface area contributed by atoms with E-state index in [4.69, 9.17) is 12.6 Å². The second-order valence-corrected chi connectivity index (χ2v) is 4.96. The molecule has 1 aliphatic rings. The molecule has 0 aliphatic carbocycles. The summed E-state index contributed by atoms with van der Waals surface area (Å²) in [6.07, 6.45) is 1.14. The van der Waals surface area contributed by atoms with Crippen LogP contribution in [0.25, 0.3) is 0 Å². The predicted octanol–water partition coefficient (Wildman–Crippen LogP) is 0.385. The summed E-state index contributed by atoms with van der Waals surface area (Å²) in [6, 6.07) is -0.583. The summed E-state index contributed by atoms with van der Waals surface area (Å²) in [5.41, 5.74) is 0. The molecule has 1 fully saturated rings. The number of hydrogen-bond donors (Lipinski definition) is 2. The lowest BCUT2D eigenvalue weighted by Crippen LogP contribution is -2.34. The molecule has 0 saturated carbocycles. The second kappa shape index (κ2) is 4.77. The van der Waals surface area contributed by atoms with Crippen molar-refractivity contribution in [3.63, 3.8) is 0 Å². The zero-order valence-corrected chi connectivity index (χ0v) is 9.24. The lowest BCUT2D eigenvalue weighted by Gasteiger charge is -2.20. The van der Waals surface area contributed by atoms with Crippen molar-refractivity contribution in [1.29, 1.82) is 0 Å². The molecule has 14 heavy (non-hydrogen) atoms. The van der Waals surface area contributed by atoms with Crippen LogP contribution < -0.4 is 5.09 Å². The maximum Gasteiger partial charge on any atom is 0.403 e. The molecule has 0 aromatic heterocycles. The molecular weight excluding hydrogens is 204 g/mol. The number of rotatable bonds is 4. The van der Waals surface area contributed by atoms with Gasteiger partial charge in [0.05, 0.1) is 6.10 Å². The maximum absolute atomic E-state index is 11.2. The smallest absolute Gasteiger partial charge is 0.383 e. The van der Waals surface area contributed by atoms with Gasteiger partial charge in [0, 0.05) is 19.2 Å². The molecule has 0 bridgehead atoms. The minimum absolute atomic E-state index is 0.124. The SMILES string of the molecule is [B]C1CC(NP(=O)(O)OC)[C@@H](CC)O1. The third-order valence-electron chi connectivity index (χ3n) is 2.26. The van der Waals surface area contributed by atoms with E-state index >= 15 is 0 Å². The zero-order valence-electron chi connectivity index (χ0n) is 8.34. The summed E-state index contributed by atoms with van der Waals surface area (Å²) in [5.74, 6) is 0. The van der Waals surface area contributed by atoms with Crippen LogP contribution in [0.2, 0.25) is 0 Å². The molecule has 1 rings (SSSR count). The first-order valence-electron chi connectivity index (χ1n) is 4.56. The Labute approximate surface area is 85.2 Å². The average Bonchev–Trinajstić information content (AvgIpc) is 2.45. The van der Waals surface area contributed by atoms with Crippen molar-refractivity contribution in [2.75, 3.05) is 7.11 Å². The lowest BCUT2D eigenvalue weighted by molar-refractivity contribution is 0.0771. The van der Waals surface area contributed by atoms with Crippen LogP contribution in [-0.4, -0.2) is 38.0 Å². The van der Waals surface area contributed by atoms with Gasteiger partial charge in [-0.05, 0) is 12.8 Å². The molecule has 7 heteroatoms. The standard InChI is InChI=1S/C7H15BNO4P/c1-3-6-5(4-7(8)13-6)9-14(10,11)12-2/h5-7H,3-4H2,1-2H3,(H2,9,10,11)/t5?,6-,7?/m1/s1. The van der Waals surface area contributed by atoms with Crippen molar-refractivity contribution in [3.05, 3.63) is 0 Å². The van der Waals surface area contributed by atoms with Crippen LogP contribution in [0, 0.1) is 0 Å². The minimum atomic E-state index is -3.69. The highest BCUT2D eigenvalue weighted by molar-refractivity contribution is 7.50. The van der Waals surface area contributed by atoms with Gasteiger partial charge < -0.3 is 14.2 Å². The molecule has 1 heterocycles. The molecule has 1 saturated heterocycles. The third kappa shape index (κ3) is 3.07. The fourth-order valence-corrected chi connectivity index (χ4v) is 2.35. The highest BCUT2D eigenvalue weighted by Gasteiger charge is 2.35. The normalized spacial score (nSPS) is 36.9.